The fourth-order valence-corrected chi connectivity index (χ4v) is 2.73. The average molecular weight is 277 g/mol. The van der Waals surface area contributed by atoms with Crippen LogP contribution in [0.15, 0.2) is 40.3 Å². The van der Waals surface area contributed by atoms with E-state index in [1.165, 1.54) is 4.88 Å². The molecule has 2 rings (SSSR count). The van der Waals surface area contributed by atoms with Gasteiger partial charge in [-0.25, -0.2) is 0 Å². The van der Waals surface area contributed by atoms with Gasteiger partial charge in [-0.15, -0.1) is 11.3 Å². The Morgan fingerprint density at radius 3 is 2.89 bits per heavy atom. The van der Waals surface area contributed by atoms with E-state index in [1.54, 1.807) is 22.5 Å². The number of hydrogen-bond acceptors (Lipinski definition) is 3. The maximum atomic E-state index is 12.1. The third kappa shape index (κ3) is 3.70. The van der Waals surface area contributed by atoms with Gasteiger partial charge in [0, 0.05) is 18.3 Å². The molecule has 0 saturated heterocycles. The van der Waals surface area contributed by atoms with E-state index in [0.29, 0.717) is 6.42 Å². The topological polar surface area (TPSA) is 33.5 Å². The van der Waals surface area contributed by atoms with E-state index in [9.17, 15) is 4.79 Å². The molecule has 0 fully saturated rings. The van der Waals surface area contributed by atoms with Crippen LogP contribution in [0.5, 0.6) is 0 Å². The Kier molecular flexibility index (Phi) is 4.80. The largest absolute Gasteiger partial charge is 0.467 e. The molecule has 2 aromatic heterocycles. The maximum absolute atomic E-state index is 12.1. The first kappa shape index (κ1) is 13.9. The van der Waals surface area contributed by atoms with Crippen molar-refractivity contribution in [2.45, 2.75) is 32.2 Å². The summed E-state index contributed by atoms with van der Waals surface area (Å²) in [6.45, 7) is 1.98. The van der Waals surface area contributed by atoms with Crippen molar-refractivity contribution in [3.05, 3.63) is 46.5 Å². The molecule has 2 heterocycles. The molecule has 1 amide bonds. The van der Waals surface area contributed by atoms with E-state index in [-0.39, 0.29) is 11.9 Å². The van der Waals surface area contributed by atoms with Gasteiger partial charge in [-0.2, -0.15) is 0 Å². The lowest BCUT2D eigenvalue weighted by atomic mass is 10.1. The Morgan fingerprint density at radius 2 is 2.26 bits per heavy atom. The van der Waals surface area contributed by atoms with Gasteiger partial charge in [0.2, 0.25) is 5.91 Å². The number of rotatable bonds is 6. The molecule has 1 unspecified atom stereocenters. The highest BCUT2D eigenvalue weighted by Crippen LogP contribution is 2.20. The SMILES string of the molecule is CC(c1ccco1)N(C)C(=O)CCCc1cccs1. The van der Waals surface area contributed by atoms with Crippen molar-refractivity contribution in [3.8, 4) is 0 Å². The van der Waals surface area contributed by atoms with E-state index < -0.39 is 0 Å². The number of furan rings is 1. The normalized spacial score (nSPS) is 12.3. The Labute approximate surface area is 117 Å². The minimum Gasteiger partial charge on any atom is -0.467 e. The molecule has 3 nitrogen and oxygen atoms in total. The number of amides is 1. The predicted molar refractivity (Wildman–Crippen MR) is 77.2 cm³/mol. The van der Waals surface area contributed by atoms with E-state index >= 15 is 0 Å². The minimum atomic E-state index is -0.00997. The lowest BCUT2D eigenvalue weighted by Crippen LogP contribution is -2.29. The molecule has 102 valence electrons. The van der Waals surface area contributed by atoms with Crippen LogP contribution in [-0.2, 0) is 11.2 Å². The fourth-order valence-electron chi connectivity index (χ4n) is 1.98. The number of carbonyl (C=O) groups is 1. The zero-order valence-corrected chi connectivity index (χ0v) is 12.2. The molecule has 19 heavy (non-hydrogen) atoms. The molecule has 0 aliphatic heterocycles. The van der Waals surface area contributed by atoms with Crippen molar-refractivity contribution in [1.29, 1.82) is 0 Å². The third-order valence-corrected chi connectivity index (χ3v) is 4.26. The van der Waals surface area contributed by atoms with E-state index in [0.717, 1.165) is 18.6 Å². The zero-order chi connectivity index (χ0) is 13.7. The van der Waals surface area contributed by atoms with Gasteiger partial charge in [-0.3, -0.25) is 4.79 Å². The van der Waals surface area contributed by atoms with Crippen molar-refractivity contribution < 1.29 is 9.21 Å². The highest BCUT2D eigenvalue weighted by molar-refractivity contribution is 7.09. The first-order chi connectivity index (χ1) is 9.18. The average Bonchev–Trinajstić information content (AvgIpc) is 3.09. The highest BCUT2D eigenvalue weighted by Gasteiger charge is 2.18. The monoisotopic (exact) mass is 277 g/mol. The molecule has 0 N–H and O–H groups in total. The second-order valence-electron chi connectivity index (χ2n) is 4.63. The quantitative estimate of drug-likeness (QED) is 0.802. The third-order valence-electron chi connectivity index (χ3n) is 3.32. The number of nitrogens with zero attached hydrogens (tertiary/aromatic N) is 1. The van der Waals surface area contributed by atoms with Gasteiger partial charge < -0.3 is 9.32 Å². The molecular formula is C15H19NO2S. The minimum absolute atomic E-state index is 0.00997. The summed E-state index contributed by atoms with van der Waals surface area (Å²) < 4.78 is 5.34. The summed E-state index contributed by atoms with van der Waals surface area (Å²) in [5, 5.41) is 2.07. The van der Waals surface area contributed by atoms with Gasteiger partial charge in [0.15, 0.2) is 0 Å². The van der Waals surface area contributed by atoms with Crippen LogP contribution in [0, 0.1) is 0 Å². The van der Waals surface area contributed by atoms with Crippen molar-refractivity contribution in [1.82, 2.24) is 4.90 Å². The molecule has 0 aromatic carbocycles. The van der Waals surface area contributed by atoms with Crippen LogP contribution in [0.25, 0.3) is 0 Å². The van der Waals surface area contributed by atoms with Gasteiger partial charge in [0.1, 0.15) is 5.76 Å². The Morgan fingerprint density at radius 1 is 1.42 bits per heavy atom. The van der Waals surface area contributed by atoms with E-state index in [1.807, 2.05) is 32.2 Å². The smallest absolute Gasteiger partial charge is 0.222 e. The number of thiophene rings is 1. The van der Waals surface area contributed by atoms with Gasteiger partial charge in [-0.1, -0.05) is 6.07 Å². The first-order valence-corrected chi connectivity index (χ1v) is 7.38. The summed E-state index contributed by atoms with van der Waals surface area (Å²) in [5.74, 6) is 0.995. The number of aryl methyl sites for hydroxylation is 1. The van der Waals surface area contributed by atoms with Crippen LogP contribution in [0.1, 0.15) is 36.4 Å². The lowest BCUT2D eigenvalue weighted by Gasteiger charge is -2.23. The molecule has 0 aliphatic rings. The van der Waals surface area contributed by atoms with Crippen molar-refractivity contribution in [2.24, 2.45) is 0 Å². The summed E-state index contributed by atoms with van der Waals surface area (Å²) >= 11 is 1.75. The van der Waals surface area contributed by atoms with E-state index in [4.69, 9.17) is 4.42 Å². The van der Waals surface area contributed by atoms with Gasteiger partial charge >= 0.3 is 0 Å². The Balaban J connectivity index is 1.79. The van der Waals surface area contributed by atoms with E-state index in [2.05, 4.69) is 11.4 Å². The van der Waals surface area contributed by atoms with Crippen LogP contribution in [-0.4, -0.2) is 17.9 Å². The lowest BCUT2D eigenvalue weighted by molar-refractivity contribution is -0.132. The Hall–Kier alpha value is -1.55. The molecular weight excluding hydrogens is 258 g/mol. The Bertz CT molecular complexity index is 490. The molecule has 0 radical (unpaired) electrons. The number of carbonyl (C=O) groups excluding carboxylic acids is 1. The summed E-state index contributed by atoms with van der Waals surface area (Å²) in [5.41, 5.74) is 0. The van der Waals surface area contributed by atoms with Crippen molar-refractivity contribution >= 4 is 17.2 Å². The first-order valence-electron chi connectivity index (χ1n) is 6.50. The highest BCUT2D eigenvalue weighted by atomic mass is 32.1. The summed E-state index contributed by atoms with van der Waals surface area (Å²) in [7, 11) is 1.83. The molecule has 0 bridgehead atoms. The molecule has 2 aromatic rings. The van der Waals surface area contributed by atoms with Gasteiger partial charge in [0.25, 0.3) is 0 Å². The van der Waals surface area contributed by atoms with Crippen molar-refractivity contribution in [2.75, 3.05) is 7.05 Å². The second kappa shape index (κ2) is 6.57. The second-order valence-corrected chi connectivity index (χ2v) is 5.66. The summed E-state index contributed by atoms with van der Waals surface area (Å²) in [6, 6.07) is 7.91. The molecule has 4 heteroatoms. The van der Waals surface area contributed by atoms with Crippen LogP contribution in [0.3, 0.4) is 0 Å². The maximum Gasteiger partial charge on any atom is 0.222 e. The molecule has 1 atom stereocenters. The van der Waals surface area contributed by atoms with Crippen LogP contribution >= 0.6 is 11.3 Å². The molecule has 0 aliphatic carbocycles. The summed E-state index contributed by atoms with van der Waals surface area (Å²) in [4.78, 5) is 15.2. The molecule has 0 spiro atoms. The standard InChI is InChI=1S/C15H19NO2S/c1-12(14-8-4-10-18-14)16(2)15(17)9-3-6-13-7-5-11-19-13/h4-5,7-8,10-12H,3,6,9H2,1-2H3. The summed E-state index contributed by atoms with van der Waals surface area (Å²) in [6.07, 6.45) is 4.10. The zero-order valence-electron chi connectivity index (χ0n) is 11.3. The fraction of sp³-hybridized carbons (Fsp3) is 0.400. The van der Waals surface area contributed by atoms with Crippen molar-refractivity contribution in [3.63, 3.8) is 0 Å². The van der Waals surface area contributed by atoms with Crippen LogP contribution in [0.2, 0.25) is 0 Å². The van der Waals surface area contributed by atoms with Gasteiger partial charge in [0.05, 0.1) is 12.3 Å². The van der Waals surface area contributed by atoms with Crippen LogP contribution in [0.4, 0.5) is 0 Å². The molecule has 0 saturated carbocycles. The number of hydrogen-bond donors (Lipinski definition) is 0. The van der Waals surface area contributed by atoms with Gasteiger partial charge in [-0.05, 0) is 43.3 Å². The van der Waals surface area contributed by atoms with Crippen LogP contribution < -0.4 is 0 Å². The predicted octanol–water partition coefficient (Wildman–Crippen LogP) is 3.88.